The van der Waals surface area contributed by atoms with E-state index in [0.717, 1.165) is 25.8 Å². The number of ether oxygens (including phenoxy) is 1. The summed E-state index contributed by atoms with van der Waals surface area (Å²) in [5, 5.41) is 0. The molecule has 3 N–H and O–H groups in total. The molecule has 4 nitrogen and oxygen atoms in total. The molecule has 1 saturated carbocycles. The highest BCUT2D eigenvalue weighted by Gasteiger charge is 2.47. The maximum absolute atomic E-state index is 11.2. The SMILES string of the molecule is C[C@@H]1C[C@@H]2OC(=O)C[C@@H]2[C@H]1CCCNN. The average molecular weight is 212 g/mol. The average Bonchev–Trinajstić information content (AvgIpc) is 2.65. The zero-order valence-corrected chi connectivity index (χ0v) is 9.24. The summed E-state index contributed by atoms with van der Waals surface area (Å²) < 4.78 is 5.31. The van der Waals surface area contributed by atoms with E-state index in [-0.39, 0.29) is 12.1 Å². The maximum atomic E-state index is 11.2. The molecule has 2 rings (SSSR count). The van der Waals surface area contributed by atoms with Crippen LogP contribution in [0.3, 0.4) is 0 Å². The van der Waals surface area contributed by atoms with Crippen molar-refractivity contribution in [1.29, 1.82) is 0 Å². The van der Waals surface area contributed by atoms with E-state index in [1.165, 1.54) is 0 Å². The number of esters is 1. The van der Waals surface area contributed by atoms with Gasteiger partial charge in [-0.3, -0.25) is 16.1 Å². The highest BCUT2D eigenvalue weighted by molar-refractivity contribution is 5.72. The molecule has 4 heteroatoms. The van der Waals surface area contributed by atoms with Gasteiger partial charge in [0.25, 0.3) is 0 Å². The van der Waals surface area contributed by atoms with Gasteiger partial charge in [0.15, 0.2) is 0 Å². The Morgan fingerprint density at radius 2 is 2.40 bits per heavy atom. The zero-order valence-electron chi connectivity index (χ0n) is 9.24. The quantitative estimate of drug-likeness (QED) is 0.313. The molecule has 86 valence electrons. The lowest BCUT2D eigenvalue weighted by atomic mass is 9.85. The van der Waals surface area contributed by atoms with Crippen LogP contribution in [-0.2, 0) is 9.53 Å². The molecule has 1 aliphatic carbocycles. The molecule has 0 bridgehead atoms. The van der Waals surface area contributed by atoms with Gasteiger partial charge in [0.2, 0.25) is 0 Å². The number of hydrazine groups is 1. The first-order valence-corrected chi connectivity index (χ1v) is 5.85. The van der Waals surface area contributed by atoms with E-state index in [1.807, 2.05) is 0 Å². The molecule has 15 heavy (non-hydrogen) atoms. The van der Waals surface area contributed by atoms with Crippen LogP contribution >= 0.6 is 0 Å². The van der Waals surface area contributed by atoms with Gasteiger partial charge in [-0.15, -0.1) is 0 Å². The van der Waals surface area contributed by atoms with Gasteiger partial charge in [-0.05, 0) is 31.1 Å². The molecule has 0 radical (unpaired) electrons. The summed E-state index contributed by atoms with van der Waals surface area (Å²) in [7, 11) is 0. The van der Waals surface area contributed by atoms with E-state index in [4.69, 9.17) is 10.6 Å². The fraction of sp³-hybridized carbons (Fsp3) is 0.909. The fourth-order valence-electron chi connectivity index (χ4n) is 3.18. The number of hydrogen-bond donors (Lipinski definition) is 2. The number of hydrogen-bond acceptors (Lipinski definition) is 4. The molecule has 0 aromatic heterocycles. The summed E-state index contributed by atoms with van der Waals surface area (Å²) in [4.78, 5) is 11.2. The Hall–Kier alpha value is -0.610. The predicted octanol–water partition coefficient (Wildman–Crippen LogP) is 0.818. The number of fused-ring (bicyclic) bond motifs is 1. The highest BCUT2D eigenvalue weighted by atomic mass is 16.6. The molecule has 0 aromatic rings. The molecule has 2 aliphatic rings. The summed E-state index contributed by atoms with van der Waals surface area (Å²) in [6.07, 6.45) is 4.14. The Labute approximate surface area is 90.5 Å². The van der Waals surface area contributed by atoms with Crippen molar-refractivity contribution in [3.05, 3.63) is 0 Å². The summed E-state index contributed by atoms with van der Waals surface area (Å²) >= 11 is 0. The van der Waals surface area contributed by atoms with E-state index in [9.17, 15) is 4.79 Å². The summed E-state index contributed by atoms with van der Waals surface area (Å²) in [5.74, 6) is 7.06. The molecule has 4 atom stereocenters. The second-order valence-electron chi connectivity index (χ2n) is 4.87. The minimum atomic E-state index is -0.00106. The third-order valence-corrected chi connectivity index (χ3v) is 3.91. The van der Waals surface area contributed by atoms with Gasteiger partial charge in [0.05, 0.1) is 6.42 Å². The first-order valence-electron chi connectivity index (χ1n) is 5.85. The Balaban J connectivity index is 1.89. The molecule has 0 spiro atoms. The Bertz CT molecular complexity index is 245. The van der Waals surface area contributed by atoms with Crippen molar-refractivity contribution in [1.82, 2.24) is 5.43 Å². The van der Waals surface area contributed by atoms with Crippen LogP contribution in [0.2, 0.25) is 0 Å². The van der Waals surface area contributed by atoms with E-state index in [1.54, 1.807) is 0 Å². The lowest BCUT2D eigenvalue weighted by Gasteiger charge is -2.19. The van der Waals surface area contributed by atoms with Gasteiger partial charge >= 0.3 is 5.97 Å². The monoisotopic (exact) mass is 212 g/mol. The maximum Gasteiger partial charge on any atom is 0.306 e. The molecule has 0 aromatic carbocycles. The lowest BCUT2D eigenvalue weighted by molar-refractivity contribution is -0.141. The zero-order chi connectivity index (χ0) is 10.8. The second-order valence-corrected chi connectivity index (χ2v) is 4.87. The molecular weight excluding hydrogens is 192 g/mol. The number of nitrogens with two attached hydrogens (primary N) is 1. The molecule has 1 heterocycles. The molecule has 1 aliphatic heterocycles. The summed E-state index contributed by atoms with van der Waals surface area (Å²) in [6.45, 7) is 3.13. The van der Waals surface area contributed by atoms with Gasteiger partial charge in [-0.25, -0.2) is 0 Å². The predicted molar refractivity (Wildman–Crippen MR) is 56.7 cm³/mol. The van der Waals surface area contributed by atoms with Crippen LogP contribution in [0.1, 0.15) is 32.6 Å². The van der Waals surface area contributed by atoms with Gasteiger partial charge in [0.1, 0.15) is 6.10 Å². The molecular formula is C11H20N2O2. The van der Waals surface area contributed by atoms with Crippen molar-refractivity contribution in [3.8, 4) is 0 Å². The van der Waals surface area contributed by atoms with E-state index in [0.29, 0.717) is 24.2 Å². The Kier molecular flexibility index (Phi) is 3.26. The van der Waals surface area contributed by atoms with Crippen molar-refractivity contribution >= 4 is 5.97 Å². The third kappa shape index (κ3) is 2.16. The van der Waals surface area contributed by atoms with Gasteiger partial charge in [0, 0.05) is 12.5 Å². The Morgan fingerprint density at radius 3 is 3.13 bits per heavy atom. The summed E-state index contributed by atoms with van der Waals surface area (Å²) in [6, 6.07) is 0. The normalized spacial score (nSPS) is 39.2. The van der Waals surface area contributed by atoms with Crippen molar-refractivity contribution in [2.45, 2.75) is 38.7 Å². The molecule has 0 unspecified atom stereocenters. The van der Waals surface area contributed by atoms with Crippen LogP contribution in [0, 0.1) is 17.8 Å². The summed E-state index contributed by atoms with van der Waals surface area (Å²) in [5.41, 5.74) is 2.68. The highest BCUT2D eigenvalue weighted by Crippen LogP contribution is 2.46. The fourth-order valence-corrected chi connectivity index (χ4v) is 3.18. The van der Waals surface area contributed by atoms with Crippen molar-refractivity contribution in [3.63, 3.8) is 0 Å². The second kappa shape index (κ2) is 4.49. The van der Waals surface area contributed by atoms with Crippen molar-refractivity contribution in [2.75, 3.05) is 6.54 Å². The minimum Gasteiger partial charge on any atom is -0.462 e. The van der Waals surface area contributed by atoms with E-state index < -0.39 is 0 Å². The first kappa shape index (κ1) is 10.9. The van der Waals surface area contributed by atoms with Crippen LogP contribution in [0.5, 0.6) is 0 Å². The molecule has 2 fully saturated rings. The van der Waals surface area contributed by atoms with Crippen LogP contribution < -0.4 is 11.3 Å². The number of nitrogens with one attached hydrogen (secondary N) is 1. The standard InChI is InChI=1S/C11H20N2O2/c1-7-5-10-9(6-11(14)15-10)8(7)3-2-4-13-12/h7-10,13H,2-6,12H2,1H3/t7-,8+,9-,10+/m1/s1. The smallest absolute Gasteiger partial charge is 0.306 e. The number of carbonyl (C=O) groups excluding carboxylic acids is 1. The molecule has 0 amide bonds. The topological polar surface area (TPSA) is 64.3 Å². The lowest BCUT2D eigenvalue weighted by Crippen LogP contribution is -2.24. The van der Waals surface area contributed by atoms with Crippen LogP contribution in [0.4, 0.5) is 0 Å². The largest absolute Gasteiger partial charge is 0.462 e. The van der Waals surface area contributed by atoms with Crippen LogP contribution in [0.25, 0.3) is 0 Å². The van der Waals surface area contributed by atoms with Crippen molar-refractivity contribution < 1.29 is 9.53 Å². The molecule has 1 saturated heterocycles. The minimum absolute atomic E-state index is 0.00106. The van der Waals surface area contributed by atoms with Crippen LogP contribution in [0.15, 0.2) is 0 Å². The van der Waals surface area contributed by atoms with E-state index >= 15 is 0 Å². The number of carbonyl (C=O) groups is 1. The Morgan fingerprint density at radius 1 is 1.60 bits per heavy atom. The van der Waals surface area contributed by atoms with Gasteiger partial charge in [-0.1, -0.05) is 6.92 Å². The van der Waals surface area contributed by atoms with Gasteiger partial charge < -0.3 is 4.74 Å². The third-order valence-electron chi connectivity index (χ3n) is 3.91. The van der Waals surface area contributed by atoms with E-state index in [2.05, 4.69) is 12.3 Å². The van der Waals surface area contributed by atoms with Gasteiger partial charge in [-0.2, -0.15) is 0 Å². The first-order chi connectivity index (χ1) is 7.22. The van der Waals surface area contributed by atoms with Crippen molar-refractivity contribution in [2.24, 2.45) is 23.6 Å². The van der Waals surface area contributed by atoms with Crippen LogP contribution in [-0.4, -0.2) is 18.6 Å². The number of rotatable bonds is 4.